The number of carbonyl (C=O) groups is 1. The second kappa shape index (κ2) is 5.74. The number of nitrogens with one attached hydrogen (secondary N) is 1. The Kier molecular flexibility index (Phi) is 4.25. The van der Waals surface area contributed by atoms with Crippen molar-refractivity contribution in [3.63, 3.8) is 0 Å². The average Bonchev–Trinajstić information content (AvgIpc) is 2.82. The molecule has 1 aromatic carbocycles. The fraction of sp³-hybridized carbons (Fsp3) is 0.562. The molecule has 2 rings (SSSR count). The molecule has 0 spiro atoms. The van der Waals surface area contributed by atoms with E-state index in [1.54, 1.807) is 0 Å². The van der Waals surface area contributed by atoms with Gasteiger partial charge < -0.3 is 10.2 Å². The molecule has 1 aliphatic rings. The van der Waals surface area contributed by atoms with Crippen LogP contribution in [-0.2, 0) is 10.2 Å². The highest BCUT2D eigenvalue weighted by atomic mass is 16.2. The molecular weight excluding hydrogens is 236 g/mol. The van der Waals surface area contributed by atoms with Gasteiger partial charge in [0.25, 0.3) is 0 Å². The van der Waals surface area contributed by atoms with Gasteiger partial charge in [-0.25, -0.2) is 0 Å². The summed E-state index contributed by atoms with van der Waals surface area (Å²) in [5.41, 5.74) is 0.589. The van der Waals surface area contributed by atoms with Crippen molar-refractivity contribution in [2.45, 2.75) is 38.1 Å². The van der Waals surface area contributed by atoms with Gasteiger partial charge in [0.15, 0.2) is 0 Å². The van der Waals surface area contributed by atoms with Crippen LogP contribution in [0, 0.1) is 0 Å². The Morgan fingerprint density at radius 3 is 2.63 bits per heavy atom. The zero-order valence-electron chi connectivity index (χ0n) is 12.1. The summed E-state index contributed by atoms with van der Waals surface area (Å²) in [7, 11) is 2.13. The summed E-state index contributed by atoms with van der Waals surface area (Å²) < 4.78 is 0. The number of likely N-dealkylation sites (tertiary alicyclic amines) is 1. The average molecular weight is 260 g/mol. The summed E-state index contributed by atoms with van der Waals surface area (Å²) in [4.78, 5) is 14.7. The van der Waals surface area contributed by atoms with Crippen molar-refractivity contribution in [1.29, 1.82) is 0 Å². The lowest BCUT2D eigenvalue weighted by atomic mass is 9.83. The number of hydrogen-bond donors (Lipinski definition) is 1. The summed E-state index contributed by atoms with van der Waals surface area (Å²) in [6.45, 7) is 5.86. The Morgan fingerprint density at radius 2 is 2.05 bits per heavy atom. The monoisotopic (exact) mass is 260 g/mol. The van der Waals surface area contributed by atoms with Crippen LogP contribution in [0.25, 0.3) is 0 Å². The van der Waals surface area contributed by atoms with Crippen molar-refractivity contribution < 1.29 is 4.79 Å². The molecule has 0 aliphatic carbocycles. The highest BCUT2D eigenvalue weighted by Gasteiger charge is 2.30. The smallest absolute Gasteiger partial charge is 0.230 e. The molecule has 104 valence electrons. The van der Waals surface area contributed by atoms with Gasteiger partial charge in [0.05, 0.1) is 5.41 Å². The first kappa shape index (κ1) is 14.1. The molecule has 1 aliphatic heterocycles. The van der Waals surface area contributed by atoms with E-state index in [1.165, 1.54) is 12.8 Å². The summed E-state index contributed by atoms with van der Waals surface area (Å²) in [6.07, 6.45) is 2.42. The Bertz CT molecular complexity index is 428. The van der Waals surface area contributed by atoms with Crippen LogP contribution in [0.2, 0.25) is 0 Å². The molecule has 1 saturated heterocycles. The van der Waals surface area contributed by atoms with Crippen LogP contribution in [0.15, 0.2) is 30.3 Å². The molecule has 1 atom stereocenters. The van der Waals surface area contributed by atoms with Gasteiger partial charge in [-0.1, -0.05) is 30.3 Å². The molecule has 1 aromatic rings. The van der Waals surface area contributed by atoms with Crippen LogP contribution in [0.3, 0.4) is 0 Å². The standard InChI is InChI=1S/C16H24N2O/c1-16(2,13-8-5-4-6-9-13)15(19)17-12-14-10-7-11-18(14)3/h4-6,8-9,14H,7,10-12H2,1-3H3,(H,17,19). The predicted octanol–water partition coefficient (Wildman–Crippen LogP) is 2.17. The van der Waals surface area contributed by atoms with Gasteiger partial charge in [-0.3, -0.25) is 4.79 Å². The molecular formula is C16H24N2O. The van der Waals surface area contributed by atoms with Crippen molar-refractivity contribution in [2.75, 3.05) is 20.1 Å². The minimum absolute atomic E-state index is 0.110. The van der Waals surface area contributed by atoms with E-state index in [-0.39, 0.29) is 5.91 Å². The molecule has 1 N–H and O–H groups in total. The maximum atomic E-state index is 12.4. The maximum absolute atomic E-state index is 12.4. The van der Waals surface area contributed by atoms with Gasteiger partial charge in [-0.2, -0.15) is 0 Å². The second-order valence-electron chi connectivity index (χ2n) is 5.98. The van der Waals surface area contributed by atoms with Crippen LogP contribution in [0.5, 0.6) is 0 Å². The number of hydrogen-bond acceptors (Lipinski definition) is 2. The van der Waals surface area contributed by atoms with Gasteiger partial charge in [-0.15, -0.1) is 0 Å². The lowest BCUT2D eigenvalue weighted by Crippen LogP contribution is -2.45. The van der Waals surface area contributed by atoms with E-state index >= 15 is 0 Å². The van der Waals surface area contributed by atoms with Crippen molar-refractivity contribution in [3.8, 4) is 0 Å². The number of nitrogens with zero attached hydrogens (tertiary/aromatic N) is 1. The Morgan fingerprint density at radius 1 is 1.37 bits per heavy atom. The zero-order chi connectivity index (χ0) is 13.9. The SMILES string of the molecule is CN1CCCC1CNC(=O)C(C)(C)c1ccccc1. The normalized spacial score (nSPS) is 20.5. The van der Waals surface area contributed by atoms with Crippen molar-refractivity contribution >= 4 is 5.91 Å². The fourth-order valence-electron chi connectivity index (χ4n) is 2.65. The van der Waals surface area contributed by atoms with E-state index in [1.807, 2.05) is 44.2 Å². The number of benzene rings is 1. The van der Waals surface area contributed by atoms with E-state index in [0.29, 0.717) is 6.04 Å². The van der Waals surface area contributed by atoms with Crippen molar-refractivity contribution in [2.24, 2.45) is 0 Å². The van der Waals surface area contributed by atoms with Crippen LogP contribution in [0.1, 0.15) is 32.3 Å². The molecule has 3 heteroatoms. The van der Waals surface area contributed by atoms with Crippen molar-refractivity contribution in [1.82, 2.24) is 10.2 Å². The van der Waals surface area contributed by atoms with E-state index < -0.39 is 5.41 Å². The molecule has 0 bridgehead atoms. The highest BCUT2D eigenvalue weighted by Crippen LogP contribution is 2.23. The first-order valence-electron chi connectivity index (χ1n) is 7.06. The summed E-state index contributed by atoms with van der Waals surface area (Å²) in [6, 6.07) is 10.5. The minimum Gasteiger partial charge on any atom is -0.354 e. The van der Waals surface area contributed by atoms with E-state index in [4.69, 9.17) is 0 Å². The second-order valence-corrected chi connectivity index (χ2v) is 5.98. The molecule has 1 amide bonds. The van der Waals surface area contributed by atoms with E-state index in [0.717, 1.165) is 18.7 Å². The fourth-order valence-corrected chi connectivity index (χ4v) is 2.65. The van der Waals surface area contributed by atoms with Gasteiger partial charge in [0, 0.05) is 12.6 Å². The van der Waals surface area contributed by atoms with Gasteiger partial charge in [0.2, 0.25) is 5.91 Å². The third-order valence-electron chi connectivity index (χ3n) is 4.23. The number of rotatable bonds is 4. The third-order valence-corrected chi connectivity index (χ3v) is 4.23. The molecule has 3 nitrogen and oxygen atoms in total. The summed E-state index contributed by atoms with van der Waals surface area (Å²) in [5.74, 6) is 0.110. The lowest BCUT2D eigenvalue weighted by molar-refractivity contribution is -0.125. The largest absolute Gasteiger partial charge is 0.354 e. The van der Waals surface area contributed by atoms with Crippen molar-refractivity contribution in [3.05, 3.63) is 35.9 Å². The number of amides is 1. The van der Waals surface area contributed by atoms with Gasteiger partial charge in [-0.05, 0) is 45.8 Å². The van der Waals surface area contributed by atoms with Gasteiger partial charge >= 0.3 is 0 Å². The first-order valence-corrected chi connectivity index (χ1v) is 7.06. The topological polar surface area (TPSA) is 32.3 Å². The Labute approximate surface area is 116 Å². The van der Waals surface area contributed by atoms with E-state index in [9.17, 15) is 4.79 Å². The van der Waals surface area contributed by atoms with Gasteiger partial charge in [0.1, 0.15) is 0 Å². The third kappa shape index (κ3) is 3.16. The first-order chi connectivity index (χ1) is 9.01. The highest BCUT2D eigenvalue weighted by molar-refractivity contribution is 5.87. The lowest BCUT2D eigenvalue weighted by Gasteiger charge is -2.26. The Hall–Kier alpha value is -1.35. The maximum Gasteiger partial charge on any atom is 0.230 e. The molecule has 19 heavy (non-hydrogen) atoms. The Balaban J connectivity index is 1.95. The predicted molar refractivity (Wildman–Crippen MR) is 78.1 cm³/mol. The molecule has 1 unspecified atom stereocenters. The summed E-state index contributed by atoms with van der Waals surface area (Å²) >= 11 is 0. The molecule has 0 aromatic heterocycles. The molecule has 0 saturated carbocycles. The summed E-state index contributed by atoms with van der Waals surface area (Å²) in [5, 5.41) is 3.11. The molecule has 0 radical (unpaired) electrons. The quantitative estimate of drug-likeness (QED) is 0.900. The number of carbonyl (C=O) groups excluding carboxylic acids is 1. The molecule has 1 fully saturated rings. The van der Waals surface area contributed by atoms with Crippen LogP contribution in [-0.4, -0.2) is 37.0 Å². The number of likely N-dealkylation sites (N-methyl/N-ethyl adjacent to an activating group) is 1. The van der Waals surface area contributed by atoms with Crippen LogP contribution in [0.4, 0.5) is 0 Å². The van der Waals surface area contributed by atoms with E-state index in [2.05, 4.69) is 17.3 Å². The van der Waals surface area contributed by atoms with Crippen LogP contribution >= 0.6 is 0 Å². The zero-order valence-corrected chi connectivity index (χ0v) is 12.1. The van der Waals surface area contributed by atoms with Crippen LogP contribution < -0.4 is 5.32 Å². The molecule has 1 heterocycles. The minimum atomic E-state index is -0.474.